The van der Waals surface area contributed by atoms with Crippen LogP contribution in [-0.4, -0.2) is 19.0 Å². The highest BCUT2D eigenvalue weighted by Gasteiger charge is 2.36. The predicted molar refractivity (Wildman–Crippen MR) is 131 cm³/mol. The van der Waals surface area contributed by atoms with Crippen LogP contribution in [0.2, 0.25) is 0 Å². The number of nitrogens with one attached hydrogen (secondary N) is 1. The number of nitriles is 1. The minimum Gasteiger partial charge on any atom is -0.456 e. The van der Waals surface area contributed by atoms with Crippen LogP contribution < -0.4 is 9.46 Å². The van der Waals surface area contributed by atoms with Crippen molar-refractivity contribution in [2.24, 2.45) is 0 Å². The van der Waals surface area contributed by atoms with Gasteiger partial charge in [-0.1, -0.05) is 0 Å². The van der Waals surface area contributed by atoms with Crippen molar-refractivity contribution < 1.29 is 22.1 Å². The number of nitrogens with zero attached hydrogens (tertiary/aromatic N) is 4. The highest BCUT2D eigenvalue weighted by Crippen LogP contribution is 2.35. The number of rotatable bonds is 6. The molecule has 0 amide bonds. The number of anilines is 1. The quantitative estimate of drug-likeness (QED) is 0.303. The smallest absolute Gasteiger partial charge is 0.435 e. The summed E-state index contributed by atoms with van der Waals surface area (Å²) in [6, 6.07) is 14.1. The fourth-order valence-electron chi connectivity index (χ4n) is 3.27. The first-order valence-corrected chi connectivity index (χ1v) is 12.6. The summed E-state index contributed by atoms with van der Waals surface area (Å²) in [5.74, 6) is 0.627. The lowest BCUT2D eigenvalue weighted by Crippen LogP contribution is -2.24. The molecular weight excluding hydrogens is 511 g/mol. The summed E-state index contributed by atoms with van der Waals surface area (Å²) in [6.07, 6.45) is -2.98. The third-order valence-corrected chi connectivity index (χ3v) is 6.79. The van der Waals surface area contributed by atoms with Crippen molar-refractivity contribution in [1.82, 2.24) is 14.8 Å². The van der Waals surface area contributed by atoms with Gasteiger partial charge in [-0.25, -0.2) is 9.19 Å². The third kappa shape index (κ3) is 5.58. The third-order valence-electron chi connectivity index (χ3n) is 4.91. The van der Waals surface area contributed by atoms with E-state index in [0.29, 0.717) is 27.0 Å². The maximum atomic E-state index is 13.3. The fourth-order valence-corrected chi connectivity index (χ4v) is 4.81. The summed E-state index contributed by atoms with van der Waals surface area (Å²) in [4.78, 5) is 4.40. The Bertz CT molecular complexity index is 1430. The number of alkyl halides is 3. The Hall–Kier alpha value is -3.69. The predicted octanol–water partition coefficient (Wildman–Crippen LogP) is 6.58. The molecule has 1 unspecified atom stereocenters. The Labute approximate surface area is 211 Å². The van der Waals surface area contributed by atoms with Crippen LogP contribution in [0.4, 0.5) is 18.3 Å². The van der Waals surface area contributed by atoms with Gasteiger partial charge in [-0.15, -0.1) is 11.3 Å². The summed E-state index contributed by atoms with van der Waals surface area (Å²) in [7, 11) is -1.62. The lowest BCUT2D eigenvalue weighted by Gasteiger charge is -2.22. The standard InChI is InChI=1S/C24H20F3N5O2S2/c1-23(2,3)32-19(13-21(30-32)24(25,26)27)15-4-6-17(7-5-15)34-20-9-8-18(12-16(20)14-28)36(33)31-22-29-10-11-35-22/h4-13H,1-3H3,(H,29,31). The average Bonchev–Trinajstić information content (AvgIpc) is 3.50. The number of halogens is 3. The Morgan fingerprint density at radius 3 is 2.42 bits per heavy atom. The highest BCUT2D eigenvalue weighted by molar-refractivity contribution is 7.86. The zero-order valence-electron chi connectivity index (χ0n) is 19.3. The molecule has 0 radical (unpaired) electrons. The van der Waals surface area contributed by atoms with Gasteiger partial charge in [0.25, 0.3) is 0 Å². The van der Waals surface area contributed by atoms with Gasteiger partial charge in [0, 0.05) is 17.1 Å². The van der Waals surface area contributed by atoms with E-state index in [4.69, 9.17) is 4.74 Å². The van der Waals surface area contributed by atoms with Crippen LogP contribution in [0.15, 0.2) is 65.0 Å². The van der Waals surface area contributed by atoms with Crippen molar-refractivity contribution in [2.75, 3.05) is 4.72 Å². The first kappa shape index (κ1) is 25.4. The van der Waals surface area contributed by atoms with Gasteiger partial charge < -0.3 is 4.74 Å². The number of thiazole rings is 1. The normalized spacial score (nSPS) is 12.7. The molecule has 4 aromatic rings. The van der Waals surface area contributed by atoms with Crippen LogP contribution in [0.5, 0.6) is 11.5 Å². The number of hydrogen-bond donors (Lipinski definition) is 1. The van der Waals surface area contributed by atoms with Crippen LogP contribution in [0.25, 0.3) is 11.3 Å². The minimum atomic E-state index is -4.56. The summed E-state index contributed by atoms with van der Waals surface area (Å²) < 4.78 is 62.3. The summed E-state index contributed by atoms with van der Waals surface area (Å²) in [5.41, 5.74) is -0.621. The van der Waals surface area contributed by atoms with Crippen molar-refractivity contribution in [3.63, 3.8) is 0 Å². The van der Waals surface area contributed by atoms with Gasteiger partial charge in [-0.05, 0) is 69.3 Å². The minimum absolute atomic E-state index is 0.173. The monoisotopic (exact) mass is 531 g/mol. The zero-order valence-corrected chi connectivity index (χ0v) is 21.0. The van der Waals surface area contributed by atoms with E-state index < -0.39 is 28.4 Å². The summed E-state index contributed by atoms with van der Waals surface area (Å²) in [6.45, 7) is 5.31. The molecule has 1 N–H and O–H groups in total. The molecule has 0 bridgehead atoms. The number of aromatic nitrogens is 3. The Kier molecular flexibility index (Phi) is 6.88. The second kappa shape index (κ2) is 9.75. The van der Waals surface area contributed by atoms with Crippen molar-refractivity contribution >= 4 is 27.5 Å². The van der Waals surface area contributed by atoms with Crippen molar-refractivity contribution in [2.45, 2.75) is 37.4 Å². The molecule has 2 aromatic heterocycles. The zero-order chi connectivity index (χ0) is 26.1. The van der Waals surface area contributed by atoms with Gasteiger partial charge in [-0.2, -0.15) is 23.5 Å². The molecule has 0 saturated carbocycles. The summed E-state index contributed by atoms with van der Waals surface area (Å²) >= 11 is 1.30. The van der Waals surface area contributed by atoms with E-state index in [1.54, 1.807) is 62.7 Å². The van der Waals surface area contributed by atoms with Gasteiger partial charge in [0.05, 0.1) is 21.7 Å². The van der Waals surface area contributed by atoms with Gasteiger partial charge in [0.2, 0.25) is 0 Å². The molecule has 2 aromatic carbocycles. The average molecular weight is 532 g/mol. The van der Waals surface area contributed by atoms with Gasteiger partial charge >= 0.3 is 6.18 Å². The molecule has 0 aliphatic carbocycles. The van der Waals surface area contributed by atoms with Crippen LogP contribution in [0, 0.1) is 11.3 Å². The topological polar surface area (TPSA) is 92.8 Å². The van der Waals surface area contributed by atoms with Gasteiger partial charge in [0.15, 0.2) is 21.8 Å². The molecule has 186 valence electrons. The first-order chi connectivity index (χ1) is 17.0. The first-order valence-electron chi connectivity index (χ1n) is 10.5. The summed E-state index contributed by atoms with van der Waals surface area (Å²) in [5, 5.41) is 15.6. The lowest BCUT2D eigenvalue weighted by molar-refractivity contribution is -0.141. The van der Waals surface area contributed by atoms with Crippen LogP contribution >= 0.6 is 11.3 Å². The highest BCUT2D eigenvalue weighted by atomic mass is 32.2. The Balaban J connectivity index is 1.57. The molecular formula is C24H20F3N5O2S2. The molecule has 12 heteroatoms. The number of benzene rings is 2. The van der Waals surface area contributed by atoms with E-state index in [-0.39, 0.29) is 11.3 Å². The Morgan fingerprint density at radius 2 is 1.83 bits per heavy atom. The molecule has 0 fully saturated rings. The fraction of sp³-hybridized carbons (Fsp3) is 0.208. The second-order valence-electron chi connectivity index (χ2n) is 8.60. The maximum absolute atomic E-state index is 13.3. The molecule has 0 spiro atoms. The van der Waals surface area contributed by atoms with E-state index in [1.807, 2.05) is 6.07 Å². The second-order valence-corrected chi connectivity index (χ2v) is 10.7. The van der Waals surface area contributed by atoms with Crippen molar-refractivity contribution in [3.8, 4) is 28.8 Å². The van der Waals surface area contributed by atoms with E-state index in [1.165, 1.54) is 28.2 Å². The van der Waals surface area contributed by atoms with E-state index in [2.05, 4.69) is 14.8 Å². The van der Waals surface area contributed by atoms with Crippen LogP contribution in [0.1, 0.15) is 32.0 Å². The Morgan fingerprint density at radius 1 is 1.11 bits per heavy atom. The number of ether oxygens (including phenoxy) is 1. The maximum Gasteiger partial charge on any atom is 0.435 e. The largest absolute Gasteiger partial charge is 0.456 e. The SMILES string of the molecule is CC(C)(C)n1nc(C(F)(F)F)cc1-c1ccc(Oc2ccc(S(=O)Nc3nccs3)cc2C#N)cc1. The van der Waals surface area contributed by atoms with Crippen molar-refractivity contribution in [1.29, 1.82) is 5.26 Å². The lowest BCUT2D eigenvalue weighted by atomic mass is 10.1. The molecule has 0 saturated heterocycles. The van der Waals surface area contributed by atoms with Gasteiger partial charge in [-0.3, -0.25) is 9.40 Å². The molecule has 0 aliphatic rings. The van der Waals surface area contributed by atoms with Crippen LogP contribution in [-0.2, 0) is 22.7 Å². The molecule has 7 nitrogen and oxygen atoms in total. The van der Waals surface area contributed by atoms with E-state index in [0.717, 1.165) is 6.07 Å². The molecule has 4 rings (SSSR count). The van der Waals surface area contributed by atoms with Gasteiger partial charge in [0.1, 0.15) is 17.6 Å². The van der Waals surface area contributed by atoms with E-state index >= 15 is 0 Å². The van der Waals surface area contributed by atoms with Crippen LogP contribution in [0.3, 0.4) is 0 Å². The van der Waals surface area contributed by atoms with E-state index in [9.17, 15) is 22.6 Å². The molecule has 1 atom stereocenters. The molecule has 36 heavy (non-hydrogen) atoms. The molecule has 0 aliphatic heterocycles. The van der Waals surface area contributed by atoms with Crippen molar-refractivity contribution in [3.05, 3.63) is 71.4 Å². The number of hydrogen-bond acceptors (Lipinski definition) is 6. The molecule has 2 heterocycles.